The second-order valence-electron chi connectivity index (χ2n) is 2.53. The van der Waals surface area contributed by atoms with Gasteiger partial charge in [0.1, 0.15) is 0 Å². The van der Waals surface area contributed by atoms with Crippen LogP contribution in [0.5, 0.6) is 0 Å². The minimum Gasteiger partial charge on any atom is -0.481 e. The number of rotatable bonds is 0. The highest BCUT2D eigenvalue weighted by Gasteiger charge is 1.91. The highest BCUT2D eigenvalue weighted by molar-refractivity contribution is 7.73. The summed E-state index contributed by atoms with van der Waals surface area (Å²) in [5.74, 6) is -0.833. The van der Waals surface area contributed by atoms with E-state index < -0.39 is 5.97 Å². The number of hydrogen-bond acceptors (Lipinski definition) is 3. The van der Waals surface area contributed by atoms with Crippen molar-refractivity contribution in [3.63, 3.8) is 0 Å². The number of aromatic nitrogens is 1. The molecule has 0 amide bonds. The number of para-hydroxylation sites is 1. The van der Waals surface area contributed by atoms with Gasteiger partial charge in [-0.3, -0.25) is 4.79 Å². The molecule has 0 atom stereocenters. The van der Waals surface area contributed by atoms with Crippen molar-refractivity contribution in [3.8, 4) is 0 Å². The van der Waals surface area contributed by atoms with Crippen LogP contribution in [0, 0.1) is 3.95 Å². The number of aromatic amines is 1. The standard InChI is InChI=1S/C7H5NS2.C2H4O2/c9-7-8-5-3-1-2-4-6(5)10-7;1-2(3)4/h1-4H,(H,8,9);1H3,(H,3,4). The SMILES string of the molecule is CC(=O)O.S=c1[nH]c2ccccc2s1. The summed E-state index contributed by atoms with van der Waals surface area (Å²) in [6.07, 6.45) is 0. The molecule has 5 heteroatoms. The van der Waals surface area contributed by atoms with Crippen LogP contribution in [0.15, 0.2) is 24.3 Å². The Morgan fingerprint density at radius 1 is 1.50 bits per heavy atom. The molecule has 1 heterocycles. The van der Waals surface area contributed by atoms with Gasteiger partial charge in [0.05, 0.1) is 10.2 Å². The van der Waals surface area contributed by atoms with Crippen LogP contribution in [0.2, 0.25) is 0 Å². The number of benzene rings is 1. The monoisotopic (exact) mass is 227 g/mol. The van der Waals surface area contributed by atoms with Crippen LogP contribution in [0.25, 0.3) is 10.2 Å². The zero-order chi connectivity index (χ0) is 10.6. The van der Waals surface area contributed by atoms with Crippen molar-refractivity contribution < 1.29 is 9.90 Å². The van der Waals surface area contributed by atoms with Gasteiger partial charge < -0.3 is 10.1 Å². The minimum atomic E-state index is -0.833. The topological polar surface area (TPSA) is 53.1 Å². The maximum absolute atomic E-state index is 9.00. The summed E-state index contributed by atoms with van der Waals surface area (Å²) in [5.41, 5.74) is 1.14. The quantitative estimate of drug-likeness (QED) is 0.680. The van der Waals surface area contributed by atoms with E-state index in [0.29, 0.717) is 0 Å². The van der Waals surface area contributed by atoms with E-state index in [9.17, 15) is 0 Å². The van der Waals surface area contributed by atoms with Gasteiger partial charge >= 0.3 is 0 Å². The van der Waals surface area contributed by atoms with E-state index in [2.05, 4.69) is 11.1 Å². The van der Waals surface area contributed by atoms with Crippen molar-refractivity contribution >= 4 is 39.7 Å². The Kier molecular flexibility index (Phi) is 3.79. The fourth-order valence-electron chi connectivity index (χ4n) is 0.894. The molecule has 74 valence electrons. The first-order valence-electron chi connectivity index (χ1n) is 3.87. The van der Waals surface area contributed by atoms with E-state index in [1.165, 1.54) is 4.70 Å². The zero-order valence-electron chi connectivity index (χ0n) is 7.48. The Morgan fingerprint density at radius 2 is 2.07 bits per heavy atom. The van der Waals surface area contributed by atoms with Crippen LogP contribution >= 0.6 is 23.6 Å². The molecule has 0 bridgehead atoms. The first-order chi connectivity index (χ1) is 6.59. The summed E-state index contributed by atoms with van der Waals surface area (Å²) in [5, 5.41) is 7.42. The molecule has 2 N–H and O–H groups in total. The first-order valence-corrected chi connectivity index (χ1v) is 5.09. The van der Waals surface area contributed by atoms with E-state index in [4.69, 9.17) is 22.1 Å². The van der Waals surface area contributed by atoms with Crippen molar-refractivity contribution in [1.82, 2.24) is 4.98 Å². The average molecular weight is 227 g/mol. The molecule has 0 saturated heterocycles. The molecule has 0 aliphatic rings. The van der Waals surface area contributed by atoms with Gasteiger partial charge in [-0.15, -0.1) is 11.3 Å². The van der Waals surface area contributed by atoms with Crippen molar-refractivity contribution in [1.29, 1.82) is 0 Å². The summed E-state index contributed by atoms with van der Waals surface area (Å²) in [4.78, 5) is 12.1. The van der Waals surface area contributed by atoms with Crippen LogP contribution < -0.4 is 0 Å². The largest absolute Gasteiger partial charge is 0.481 e. The van der Waals surface area contributed by atoms with Crippen LogP contribution in [0.3, 0.4) is 0 Å². The van der Waals surface area contributed by atoms with Gasteiger partial charge in [-0.05, 0) is 24.4 Å². The fraction of sp³-hybridized carbons (Fsp3) is 0.111. The predicted molar refractivity (Wildman–Crippen MR) is 60.3 cm³/mol. The van der Waals surface area contributed by atoms with Gasteiger partial charge in [0.25, 0.3) is 5.97 Å². The Balaban J connectivity index is 0.000000213. The minimum absolute atomic E-state index is 0.833. The summed E-state index contributed by atoms with van der Waals surface area (Å²) in [6, 6.07) is 8.11. The van der Waals surface area contributed by atoms with Crippen molar-refractivity contribution in [2.45, 2.75) is 6.92 Å². The molecule has 1 aromatic carbocycles. The molecule has 14 heavy (non-hydrogen) atoms. The lowest BCUT2D eigenvalue weighted by Gasteiger charge is -1.81. The van der Waals surface area contributed by atoms with Crippen LogP contribution in [-0.2, 0) is 4.79 Å². The number of carboxylic acid groups (broad SMARTS) is 1. The lowest BCUT2D eigenvalue weighted by Crippen LogP contribution is -1.78. The number of H-pyrrole nitrogens is 1. The summed E-state index contributed by atoms with van der Waals surface area (Å²) in [6.45, 7) is 1.08. The first kappa shape index (κ1) is 10.9. The molecule has 0 spiro atoms. The van der Waals surface area contributed by atoms with Crippen LogP contribution in [0.1, 0.15) is 6.92 Å². The number of thiazole rings is 1. The van der Waals surface area contributed by atoms with E-state index in [0.717, 1.165) is 16.4 Å². The number of fused-ring (bicyclic) bond motifs is 1. The van der Waals surface area contributed by atoms with Crippen molar-refractivity contribution in [2.75, 3.05) is 0 Å². The van der Waals surface area contributed by atoms with Gasteiger partial charge in [-0.25, -0.2) is 0 Å². The third kappa shape index (κ3) is 3.27. The highest BCUT2D eigenvalue weighted by atomic mass is 32.1. The molecule has 2 aromatic rings. The number of carbonyl (C=O) groups is 1. The highest BCUT2D eigenvalue weighted by Crippen LogP contribution is 2.17. The van der Waals surface area contributed by atoms with Gasteiger partial charge in [-0.1, -0.05) is 12.1 Å². The summed E-state index contributed by atoms with van der Waals surface area (Å²) >= 11 is 6.59. The van der Waals surface area contributed by atoms with E-state index in [1.807, 2.05) is 18.2 Å². The van der Waals surface area contributed by atoms with Gasteiger partial charge in [0.2, 0.25) is 0 Å². The Bertz CT molecular complexity index is 447. The van der Waals surface area contributed by atoms with Gasteiger partial charge in [0, 0.05) is 6.92 Å². The van der Waals surface area contributed by atoms with Gasteiger partial charge in [0.15, 0.2) is 3.95 Å². The number of hydrogen-bond donors (Lipinski definition) is 2. The second-order valence-corrected chi connectivity index (χ2v) is 4.25. The fourth-order valence-corrected chi connectivity index (χ4v) is 2.01. The molecule has 3 nitrogen and oxygen atoms in total. The number of aliphatic carboxylic acids is 1. The molecule has 0 saturated carbocycles. The maximum Gasteiger partial charge on any atom is 0.300 e. The van der Waals surface area contributed by atoms with E-state index >= 15 is 0 Å². The molecular formula is C9H9NO2S2. The summed E-state index contributed by atoms with van der Waals surface area (Å²) in [7, 11) is 0. The second kappa shape index (κ2) is 4.88. The molecule has 2 rings (SSSR count). The molecule has 1 aromatic heterocycles. The molecule has 0 radical (unpaired) electrons. The Labute approximate surface area is 90.0 Å². The third-order valence-electron chi connectivity index (χ3n) is 1.33. The van der Waals surface area contributed by atoms with Crippen molar-refractivity contribution in [2.24, 2.45) is 0 Å². The average Bonchev–Trinajstić information content (AvgIpc) is 2.42. The molecule has 0 aliphatic heterocycles. The Hall–Kier alpha value is -1.20. The lowest BCUT2D eigenvalue weighted by molar-refractivity contribution is -0.134. The number of nitrogens with one attached hydrogen (secondary N) is 1. The normalized spacial score (nSPS) is 9.21. The van der Waals surface area contributed by atoms with E-state index in [1.54, 1.807) is 11.3 Å². The number of carboxylic acids is 1. The van der Waals surface area contributed by atoms with Gasteiger partial charge in [-0.2, -0.15) is 0 Å². The summed E-state index contributed by atoms with van der Waals surface area (Å²) < 4.78 is 2.08. The molecule has 0 fully saturated rings. The maximum atomic E-state index is 9.00. The smallest absolute Gasteiger partial charge is 0.300 e. The van der Waals surface area contributed by atoms with Crippen LogP contribution in [0.4, 0.5) is 0 Å². The van der Waals surface area contributed by atoms with Crippen molar-refractivity contribution in [3.05, 3.63) is 28.2 Å². The lowest BCUT2D eigenvalue weighted by atomic mass is 10.3. The predicted octanol–water partition coefficient (Wildman–Crippen LogP) is 3.05. The third-order valence-corrected chi connectivity index (χ3v) is 2.54. The zero-order valence-corrected chi connectivity index (χ0v) is 9.11. The molecule has 0 aliphatic carbocycles. The molecular weight excluding hydrogens is 218 g/mol. The van der Waals surface area contributed by atoms with E-state index in [-0.39, 0.29) is 0 Å². The molecule has 0 unspecified atom stereocenters. The van der Waals surface area contributed by atoms with Crippen LogP contribution in [-0.4, -0.2) is 16.1 Å². The Morgan fingerprint density at radius 3 is 2.64 bits per heavy atom.